The molecule has 0 bridgehead atoms. The number of fused-ring (bicyclic) bond motifs is 3. The van der Waals surface area contributed by atoms with Crippen LogP contribution in [0.5, 0.6) is 0 Å². The van der Waals surface area contributed by atoms with Crippen LogP contribution in [-0.4, -0.2) is 48.8 Å². The minimum absolute atomic E-state index is 0.0511. The summed E-state index contributed by atoms with van der Waals surface area (Å²) in [6.45, 7) is 3.09. The van der Waals surface area contributed by atoms with E-state index in [0.717, 1.165) is 23.5 Å². The van der Waals surface area contributed by atoms with Crippen molar-refractivity contribution >= 4 is 22.9 Å². The lowest BCUT2D eigenvalue weighted by Crippen LogP contribution is -2.38. The second-order valence-electron chi connectivity index (χ2n) is 4.77. The molecule has 20 heavy (non-hydrogen) atoms. The second-order valence-corrected chi connectivity index (χ2v) is 4.77. The van der Waals surface area contributed by atoms with Crippen molar-refractivity contribution in [1.82, 2.24) is 14.9 Å². The maximum absolute atomic E-state index is 12.2. The average molecular weight is 274 g/mol. The minimum atomic E-state index is 0.0511. The molecule has 106 valence electrons. The van der Waals surface area contributed by atoms with Gasteiger partial charge in [0.25, 0.3) is 0 Å². The smallest absolute Gasteiger partial charge is 0.243 e. The van der Waals surface area contributed by atoms with E-state index in [1.807, 2.05) is 24.3 Å². The maximum Gasteiger partial charge on any atom is 0.243 e. The molecular weight excluding hydrogens is 256 g/mol. The summed E-state index contributed by atoms with van der Waals surface area (Å²) < 4.78 is 7.04. The fourth-order valence-electron chi connectivity index (χ4n) is 2.49. The number of nitrogens with one attached hydrogen (secondary N) is 1. The predicted molar refractivity (Wildman–Crippen MR) is 76.8 cm³/mol. The molecule has 0 spiro atoms. The first-order chi connectivity index (χ1) is 9.81. The summed E-state index contributed by atoms with van der Waals surface area (Å²) in [5, 5.41) is 3.07. The molecule has 6 heteroatoms. The lowest BCUT2D eigenvalue weighted by molar-refractivity contribution is -0.117. The van der Waals surface area contributed by atoms with Crippen molar-refractivity contribution in [3.05, 3.63) is 24.3 Å². The van der Waals surface area contributed by atoms with Crippen LogP contribution in [0.25, 0.3) is 11.0 Å². The number of para-hydroxylation sites is 2. The zero-order valence-electron chi connectivity index (χ0n) is 11.5. The molecule has 0 fully saturated rings. The Hall–Kier alpha value is -1.92. The van der Waals surface area contributed by atoms with Crippen molar-refractivity contribution in [3.63, 3.8) is 0 Å². The third kappa shape index (κ3) is 2.28. The molecule has 2 aromatic rings. The molecule has 1 aromatic carbocycles. The van der Waals surface area contributed by atoms with Crippen LogP contribution in [0.2, 0.25) is 0 Å². The van der Waals surface area contributed by atoms with Crippen LogP contribution < -0.4 is 10.2 Å². The van der Waals surface area contributed by atoms with Crippen molar-refractivity contribution in [3.8, 4) is 0 Å². The molecule has 1 aromatic heterocycles. The van der Waals surface area contributed by atoms with E-state index in [4.69, 9.17) is 4.74 Å². The number of aromatic nitrogens is 2. The first kappa shape index (κ1) is 13.1. The summed E-state index contributed by atoms with van der Waals surface area (Å²) in [7, 11) is 1.65. The number of carbonyl (C=O) groups excluding carboxylic acids is 1. The highest BCUT2D eigenvalue weighted by atomic mass is 16.5. The summed E-state index contributed by atoms with van der Waals surface area (Å²) in [6.07, 6.45) is 0. The number of benzene rings is 1. The standard InChI is InChI=1S/C14H18N4O2/c1-20-9-6-15-10-13(19)18-8-7-17-12-5-3-2-4-11(12)16-14(17)18/h2-5,15H,6-10H2,1H3. The number of imidazole rings is 1. The van der Waals surface area contributed by atoms with Crippen LogP contribution in [0.1, 0.15) is 0 Å². The number of ether oxygens (including phenoxy) is 1. The van der Waals surface area contributed by atoms with Gasteiger partial charge in [-0.05, 0) is 12.1 Å². The van der Waals surface area contributed by atoms with E-state index in [1.54, 1.807) is 12.0 Å². The molecular formula is C14H18N4O2. The molecule has 0 atom stereocenters. The number of anilines is 1. The highest BCUT2D eigenvalue weighted by Crippen LogP contribution is 2.26. The molecule has 0 aliphatic carbocycles. The molecule has 1 aliphatic rings. The Labute approximate surface area is 117 Å². The van der Waals surface area contributed by atoms with Gasteiger partial charge in [-0.1, -0.05) is 12.1 Å². The third-order valence-corrected chi connectivity index (χ3v) is 3.48. The largest absolute Gasteiger partial charge is 0.383 e. The maximum atomic E-state index is 12.2. The number of hydrogen-bond donors (Lipinski definition) is 1. The van der Waals surface area contributed by atoms with Crippen molar-refractivity contribution in [2.24, 2.45) is 0 Å². The van der Waals surface area contributed by atoms with Gasteiger partial charge in [-0.2, -0.15) is 0 Å². The molecule has 3 rings (SSSR count). The third-order valence-electron chi connectivity index (χ3n) is 3.48. The Balaban J connectivity index is 1.74. The molecule has 0 unspecified atom stereocenters. The SMILES string of the molecule is COCCNCC(=O)N1CCn2c1nc1ccccc12. The molecule has 6 nitrogen and oxygen atoms in total. The van der Waals surface area contributed by atoms with Crippen molar-refractivity contribution in [1.29, 1.82) is 0 Å². The Morgan fingerprint density at radius 2 is 2.25 bits per heavy atom. The van der Waals surface area contributed by atoms with Gasteiger partial charge >= 0.3 is 0 Å². The number of methoxy groups -OCH3 is 1. The van der Waals surface area contributed by atoms with Gasteiger partial charge in [-0.3, -0.25) is 9.69 Å². The van der Waals surface area contributed by atoms with Crippen LogP contribution in [0.15, 0.2) is 24.3 Å². The zero-order valence-corrected chi connectivity index (χ0v) is 11.5. The number of hydrogen-bond acceptors (Lipinski definition) is 4. The van der Waals surface area contributed by atoms with Gasteiger partial charge in [0.15, 0.2) is 0 Å². The van der Waals surface area contributed by atoms with Gasteiger partial charge in [0.2, 0.25) is 11.9 Å². The molecule has 2 heterocycles. The number of amides is 1. The second kappa shape index (κ2) is 5.60. The monoisotopic (exact) mass is 274 g/mol. The highest BCUT2D eigenvalue weighted by Gasteiger charge is 2.27. The van der Waals surface area contributed by atoms with Crippen molar-refractivity contribution in [2.45, 2.75) is 6.54 Å². The van der Waals surface area contributed by atoms with Gasteiger partial charge in [0, 0.05) is 26.7 Å². The van der Waals surface area contributed by atoms with Crippen molar-refractivity contribution < 1.29 is 9.53 Å². The predicted octanol–water partition coefficient (Wildman–Crippen LogP) is 0.619. The van der Waals surface area contributed by atoms with Gasteiger partial charge in [-0.15, -0.1) is 0 Å². The van der Waals surface area contributed by atoms with Crippen molar-refractivity contribution in [2.75, 3.05) is 38.3 Å². The quantitative estimate of drug-likeness (QED) is 0.812. The van der Waals surface area contributed by atoms with Gasteiger partial charge in [-0.25, -0.2) is 4.98 Å². The van der Waals surface area contributed by atoms with E-state index in [9.17, 15) is 4.79 Å². The molecule has 1 amide bonds. The Kier molecular flexibility index (Phi) is 3.66. The molecule has 0 saturated heterocycles. The van der Waals surface area contributed by atoms with Crippen LogP contribution in [0.4, 0.5) is 5.95 Å². The number of nitrogens with zero attached hydrogens (tertiary/aromatic N) is 3. The van der Waals surface area contributed by atoms with Gasteiger partial charge < -0.3 is 14.6 Å². The summed E-state index contributed by atoms with van der Waals surface area (Å²) in [6, 6.07) is 7.97. The number of rotatable bonds is 5. The summed E-state index contributed by atoms with van der Waals surface area (Å²) in [5.41, 5.74) is 2.03. The fraction of sp³-hybridized carbons (Fsp3) is 0.429. The first-order valence-corrected chi connectivity index (χ1v) is 6.76. The van der Waals surface area contributed by atoms with Crippen LogP contribution in [0, 0.1) is 0 Å². The summed E-state index contributed by atoms with van der Waals surface area (Å²) in [5.74, 6) is 0.805. The topological polar surface area (TPSA) is 59.4 Å². The molecule has 0 radical (unpaired) electrons. The van der Waals surface area contributed by atoms with E-state index < -0.39 is 0 Å². The van der Waals surface area contributed by atoms with Crippen LogP contribution >= 0.6 is 0 Å². The Bertz CT molecular complexity index is 623. The zero-order chi connectivity index (χ0) is 13.9. The minimum Gasteiger partial charge on any atom is -0.383 e. The lowest BCUT2D eigenvalue weighted by Gasteiger charge is -2.14. The van der Waals surface area contributed by atoms with Crippen LogP contribution in [0.3, 0.4) is 0 Å². The van der Waals surface area contributed by atoms with E-state index in [0.29, 0.717) is 26.2 Å². The summed E-state index contributed by atoms with van der Waals surface area (Å²) in [4.78, 5) is 18.5. The molecule has 0 saturated carbocycles. The summed E-state index contributed by atoms with van der Waals surface area (Å²) >= 11 is 0. The van der Waals surface area contributed by atoms with Gasteiger partial charge in [0.05, 0.1) is 24.2 Å². The van der Waals surface area contributed by atoms with E-state index in [2.05, 4.69) is 14.9 Å². The normalized spacial score (nSPS) is 13.9. The first-order valence-electron chi connectivity index (χ1n) is 6.76. The van der Waals surface area contributed by atoms with Crippen LogP contribution in [-0.2, 0) is 16.1 Å². The van der Waals surface area contributed by atoms with E-state index in [-0.39, 0.29) is 5.91 Å². The van der Waals surface area contributed by atoms with E-state index in [1.165, 1.54) is 0 Å². The Morgan fingerprint density at radius 3 is 3.10 bits per heavy atom. The molecule has 1 N–H and O–H groups in total. The number of carbonyl (C=O) groups is 1. The van der Waals surface area contributed by atoms with Gasteiger partial charge in [0.1, 0.15) is 0 Å². The fourth-order valence-corrected chi connectivity index (χ4v) is 2.49. The lowest BCUT2D eigenvalue weighted by atomic mass is 10.3. The Morgan fingerprint density at radius 1 is 1.40 bits per heavy atom. The molecule has 1 aliphatic heterocycles. The average Bonchev–Trinajstić information content (AvgIpc) is 3.02. The van der Waals surface area contributed by atoms with E-state index >= 15 is 0 Å². The highest BCUT2D eigenvalue weighted by molar-refractivity contribution is 5.96.